The number of ether oxygens (including phenoxy) is 1. The zero-order chi connectivity index (χ0) is 32.3. The van der Waals surface area contributed by atoms with Crippen LogP contribution in [0.3, 0.4) is 0 Å². The number of aromatic carboxylic acids is 1. The number of nitrogens with one attached hydrogen (secondary N) is 2. The fraction of sp³-hybridized carbons (Fsp3) is 0.457. The summed E-state index contributed by atoms with van der Waals surface area (Å²) in [6, 6.07) is 3.67. The van der Waals surface area contributed by atoms with E-state index in [2.05, 4.69) is 85.2 Å². The van der Waals surface area contributed by atoms with Gasteiger partial charge in [-0.05, 0) is 81.7 Å². The first-order valence-corrected chi connectivity index (χ1v) is 16.6. The number of thioether (sulfide) groups is 1. The summed E-state index contributed by atoms with van der Waals surface area (Å²) >= 11 is 1.66. The number of carbonyl (C=O) groups excluding carboxylic acids is 2. The third-order valence-corrected chi connectivity index (χ3v) is 7.57. The summed E-state index contributed by atoms with van der Waals surface area (Å²) in [5.74, 6) is -0.869. The molecular weight excluding hydrogens is 576 g/mol. The molecule has 0 fully saturated rings. The molecule has 1 aromatic carbocycles. The van der Waals surface area contributed by atoms with Crippen molar-refractivity contribution < 1.29 is 29.3 Å². The summed E-state index contributed by atoms with van der Waals surface area (Å²) < 4.78 is 5.07. The van der Waals surface area contributed by atoms with Gasteiger partial charge in [0.05, 0.1) is 11.8 Å². The van der Waals surface area contributed by atoms with Gasteiger partial charge in [0.2, 0.25) is 5.91 Å². The van der Waals surface area contributed by atoms with Crippen LogP contribution in [-0.2, 0) is 9.53 Å². The summed E-state index contributed by atoms with van der Waals surface area (Å²) in [4.78, 5) is 35.7. The smallest absolute Gasteiger partial charge is 0.411 e. The van der Waals surface area contributed by atoms with E-state index in [1.165, 1.54) is 12.1 Å². The number of anilines is 1. The molecule has 2 amide bonds. The number of hydrogen-bond acceptors (Lipinski definition) is 6. The van der Waals surface area contributed by atoms with Crippen molar-refractivity contribution in [2.75, 3.05) is 24.2 Å². The molecule has 0 heterocycles. The van der Waals surface area contributed by atoms with Crippen LogP contribution in [0, 0.1) is 0 Å². The Labute approximate surface area is 267 Å². The van der Waals surface area contributed by atoms with Gasteiger partial charge in [0.15, 0.2) is 0 Å². The molecule has 0 aromatic heterocycles. The molecule has 4 N–H and O–H groups in total. The topological polar surface area (TPSA) is 125 Å². The quantitative estimate of drug-likeness (QED) is 0.0545. The zero-order valence-electron chi connectivity index (χ0n) is 26.2. The minimum Gasteiger partial charge on any atom is -0.507 e. The molecular formula is C35H50N2O6S. The lowest BCUT2D eigenvalue weighted by atomic mass is 10.2. The Bertz CT molecular complexity index is 1130. The van der Waals surface area contributed by atoms with Crippen molar-refractivity contribution in [1.29, 1.82) is 0 Å². The van der Waals surface area contributed by atoms with Gasteiger partial charge >= 0.3 is 12.1 Å². The zero-order valence-corrected chi connectivity index (χ0v) is 27.0. The monoisotopic (exact) mass is 626 g/mol. The Morgan fingerprint density at radius 2 is 1.50 bits per heavy atom. The molecule has 0 saturated carbocycles. The van der Waals surface area contributed by atoms with Gasteiger partial charge in [-0.3, -0.25) is 10.1 Å². The number of carboxylic acids is 1. The van der Waals surface area contributed by atoms with E-state index in [-0.39, 0.29) is 35.6 Å². The highest BCUT2D eigenvalue weighted by molar-refractivity contribution is 8.00. The first-order valence-electron chi connectivity index (χ1n) is 15.5. The number of amides is 2. The maximum absolute atomic E-state index is 12.6. The number of benzene rings is 1. The van der Waals surface area contributed by atoms with Crippen molar-refractivity contribution in [3.8, 4) is 5.75 Å². The molecule has 0 radical (unpaired) electrons. The van der Waals surface area contributed by atoms with E-state index >= 15 is 0 Å². The highest BCUT2D eigenvalue weighted by Gasteiger charge is 2.17. The lowest BCUT2D eigenvalue weighted by Crippen LogP contribution is -2.35. The van der Waals surface area contributed by atoms with Crippen LogP contribution in [0.2, 0.25) is 0 Å². The van der Waals surface area contributed by atoms with Gasteiger partial charge in [0, 0.05) is 5.69 Å². The van der Waals surface area contributed by atoms with Crippen molar-refractivity contribution in [1.82, 2.24) is 5.32 Å². The number of carbonyl (C=O) groups is 3. The van der Waals surface area contributed by atoms with Gasteiger partial charge in [-0.1, -0.05) is 81.0 Å². The SMILES string of the molecule is CCC=CCC=CCC=CCC=CCC=CCCCCSC(CCC)C(=O)NCCOC(=O)Nc1ccc(O)c(C(=O)O)c1. The van der Waals surface area contributed by atoms with E-state index < -0.39 is 17.8 Å². The highest BCUT2D eigenvalue weighted by Crippen LogP contribution is 2.22. The predicted octanol–water partition coefficient (Wildman–Crippen LogP) is 8.58. The lowest BCUT2D eigenvalue weighted by molar-refractivity contribution is -0.120. The number of aromatic hydroxyl groups is 1. The molecule has 0 aliphatic heterocycles. The Morgan fingerprint density at radius 1 is 0.886 bits per heavy atom. The van der Waals surface area contributed by atoms with Gasteiger partial charge in [-0.15, -0.1) is 11.8 Å². The summed E-state index contributed by atoms with van der Waals surface area (Å²) in [7, 11) is 0. The van der Waals surface area contributed by atoms with Crippen LogP contribution in [0.4, 0.5) is 10.5 Å². The van der Waals surface area contributed by atoms with Crippen LogP contribution >= 0.6 is 11.8 Å². The summed E-state index contributed by atoms with van der Waals surface area (Å²) in [6.45, 7) is 4.34. The van der Waals surface area contributed by atoms with Crippen LogP contribution in [0.5, 0.6) is 5.75 Å². The van der Waals surface area contributed by atoms with Crippen LogP contribution in [-0.4, -0.2) is 52.3 Å². The van der Waals surface area contributed by atoms with Gasteiger partial charge in [-0.2, -0.15) is 0 Å². The number of allylic oxidation sites excluding steroid dienone is 10. The standard InChI is InChI=1S/C35H50N2O6S/c1-3-5-6-7-8-9-10-11-12-13-14-15-16-17-18-19-20-21-27-44-32(22-4-2)33(39)36-25-26-43-35(42)37-29-23-24-31(38)30(28-29)34(40)41/h5-6,8-9,11-12,14-15,17-18,23-24,28,32,38H,3-4,7,10,13,16,19-22,25-27H2,1-2H3,(H,36,39)(H,37,42)(H,40,41). The van der Waals surface area contributed by atoms with Crippen molar-refractivity contribution in [3.63, 3.8) is 0 Å². The average molecular weight is 627 g/mol. The molecule has 0 spiro atoms. The Kier molecular flexibility index (Phi) is 22.4. The van der Waals surface area contributed by atoms with Crippen molar-refractivity contribution >= 4 is 35.4 Å². The summed E-state index contributed by atoms with van der Waals surface area (Å²) in [5, 5.41) is 23.7. The minimum absolute atomic E-state index is 0.0296. The molecule has 1 unspecified atom stereocenters. The first kappa shape index (κ1) is 38.3. The van der Waals surface area contributed by atoms with Crippen LogP contribution < -0.4 is 10.6 Å². The van der Waals surface area contributed by atoms with Gasteiger partial charge in [0.25, 0.3) is 0 Å². The predicted molar refractivity (Wildman–Crippen MR) is 183 cm³/mol. The van der Waals surface area contributed by atoms with Gasteiger partial charge in [-0.25, -0.2) is 9.59 Å². The van der Waals surface area contributed by atoms with Gasteiger partial charge in [0.1, 0.15) is 17.9 Å². The molecule has 1 rings (SSSR count). The fourth-order valence-electron chi connectivity index (χ4n) is 3.88. The van der Waals surface area contributed by atoms with Crippen molar-refractivity contribution in [2.24, 2.45) is 0 Å². The molecule has 242 valence electrons. The minimum atomic E-state index is -1.31. The fourth-order valence-corrected chi connectivity index (χ4v) is 5.17. The number of phenols is 1. The van der Waals surface area contributed by atoms with E-state index in [1.807, 2.05) is 0 Å². The second-order valence-corrected chi connectivity index (χ2v) is 11.3. The van der Waals surface area contributed by atoms with E-state index in [4.69, 9.17) is 9.84 Å². The largest absolute Gasteiger partial charge is 0.507 e. The molecule has 8 nitrogen and oxygen atoms in total. The first-order chi connectivity index (χ1) is 21.4. The van der Waals surface area contributed by atoms with Crippen molar-refractivity contribution in [3.05, 3.63) is 84.5 Å². The number of rotatable bonds is 23. The van der Waals surface area contributed by atoms with Crippen LogP contribution in [0.15, 0.2) is 79.0 Å². The lowest BCUT2D eigenvalue weighted by Gasteiger charge is -2.16. The maximum atomic E-state index is 12.6. The van der Waals surface area contributed by atoms with E-state index in [9.17, 15) is 19.5 Å². The molecule has 0 saturated heterocycles. The van der Waals surface area contributed by atoms with E-state index in [1.54, 1.807) is 11.8 Å². The molecule has 1 atom stereocenters. The van der Waals surface area contributed by atoms with E-state index in [0.717, 1.165) is 76.0 Å². The highest BCUT2D eigenvalue weighted by atomic mass is 32.2. The Hall–Kier alpha value is -3.72. The summed E-state index contributed by atoms with van der Waals surface area (Å²) in [5.41, 5.74) is -0.154. The molecule has 44 heavy (non-hydrogen) atoms. The number of unbranched alkanes of at least 4 members (excludes halogenated alkanes) is 2. The maximum Gasteiger partial charge on any atom is 0.411 e. The molecule has 0 aliphatic rings. The third-order valence-electron chi connectivity index (χ3n) is 6.19. The second kappa shape index (κ2) is 25.7. The third kappa shape index (κ3) is 19.5. The molecule has 9 heteroatoms. The van der Waals surface area contributed by atoms with Crippen molar-refractivity contribution in [2.45, 2.75) is 83.3 Å². The number of hydrogen-bond donors (Lipinski definition) is 4. The van der Waals surface area contributed by atoms with Gasteiger partial charge < -0.3 is 20.3 Å². The Morgan fingerprint density at radius 3 is 2.09 bits per heavy atom. The molecule has 0 bridgehead atoms. The van der Waals surface area contributed by atoms with Crippen LogP contribution in [0.25, 0.3) is 0 Å². The van der Waals surface area contributed by atoms with Crippen LogP contribution in [0.1, 0.15) is 88.4 Å². The number of carboxylic acid groups (broad SMARTS) is 1. The molecule has 1 aromatic rings. The molecule has 0 aliphatic carbocycles. The average Bonchev–Trinajstić information content (AvgIpc) is 3.00. The second-order valence-electron chi connectivity index (χ2n) is 9.94. The normalized spacial score (nSPS) is 12.6. The van der Waals surface area contributed by atoms with E-state index in [0.29, 0.717) is 0 Å². The summed E-state index contributed by atoms with van der Waals surface area (Å²) in [6.07, 6.45) is 31.0. The Balaban J connectivity index is 2.15.